The topological polar surface area (TPSA) is 24.9 Å². The summed E-state index contributed by atoms with van der Waals surface area (Å²) >= 11 is 1.74. The summed E-state index contributed by atoms with van der Waals surface area (Å²) in [4.78, 5) is 4.42. The van der Waals surface area contributed by atoms with Gasteiger partial charge in [0.15, 0.2) is 0 Å². The van der Waals surface area contributed by atoms with Gasteiger partial charge in [-0.3, -0.25) is 0 Å². The molecular formula is C11H20N2S. The fraction of sp³-hybridized carbons (Fsp3) is 0.727. The maximum Gasteiger partial charge on any atom is 0.0897 e. The van der Waals surface area contributed by atoms with Gasteiger partial charge in [0.05, 0.1) is 10.7 Å². The molecule has 0 aliphatic heterocycles. The van der Waals surface area contributed by atoms with E-state index >= 15 is 0 Å². The van der Waals surface area contributed by atoms with E-state index in [0.717, 1.165) is 19.5 Å². The zero-order chi connectivity index (χ0) is 10.2. The molecule has 1 rings (SSSR count). The van der Waals surface area contributed by atoms with Gasteiger partial charge < -0.3 is 5.32 Å². The molecule has 0 fully saturated rings. The van der Waals surface area contributed by atoms with Crippen molar-refractivity contribution in [1.29, 1.82) is 0 Å². The summed E-state index contributed by atoms with van der Waals surface area (Å²) in [6, 6.07) is 0. The summed E-state index contributed by atoms with van der Waals surface area (Å²) in [5.41, 5.74) is 1.23. The molecule has 2 nitrogen and oxygen atoms in total. The van der Waals surface area contributed by atoms with Crippen molar-refractivity contribution in [3.63, 3.8) is 0 Å². The van der Waals surface area contributed by atoms with Crippen molar-refractivity contribution in [3.8, 4) is 0 Å². The number of aryl methyl sites for hydroxylation is 1. The molecule has 0 saturated carbocycles. The largest absolute Gasteiger partial charge is 0.316 e. The Bertz CT molecular complexity index is 245. The lowest BCUT2D eigenvalue weighted by molar-refractivity contribution is 0.614. The van der Waals surface area contributed by atoms with Crippen LogP contribution in [0.15, 0.2) is 5.38 Å². The van der Waals surface area contributed by atoms with Gasteiger partial charge in [0, 0.05) is 18.3 Å². The van der Waals surface area contributed by atoms with Gasteiger partial charge in [-0.1, -0.05) is 19.8 Å². The smallest absolute Gasteiger partial charge is 0.0897 e. The van der Waals surface area contributed by atoms with Crippen LogP contribution in [0.1, 0.15) is 36.9 Å². The molecule has 0 aromatic carbocycles. The zero-order valence-corrected chi connectivity index (χ0v) is 9.99. The van der Waals surface area contributed by atoms with Gasteiger partial charge >= 0.3 is 0 Å². The second-order valence-electron chi connectivity index (χ2n) is 3.56. The first kappa shape index (κ1) is 11.7. The minimum atomic E-state index is 1.06. The molecule has 0 amide bonds. The van der Waals surface area contributed by atoms with Crippen LogP contribution in [0.5, 0.6) is 0 Å². The minimum Gasteiger partial charge on any atom is -0.316 e. The second-order valence-corrected chi connectivity index (χ2v) is 4.63. The van der Waals surface area contributed by atoms with E-state index in [1.54, 1.807) is 11.3 Å². The molecule has 14 heavy (non-hydrogen) atoms. The normalized spacial score (nSPS) is 10.7. The van der Waals surface area contributed by atoms with Crippen molar-refractivity contribution in [2.24, 2.45) is 0 Å². The molecule has 0 aliphatic carbocycles. The molecule has 1 aromatic heterocycles. The lowest BCUT2D eigenvalue weighted by Crippen LogP contribution is -2.18. The quantitative estimate of drug-likeness (QED) is 0.703. The summed E-state index contributed by atoms with van der Waals surface area (Å²) in [7, 11) is 0. The lowest BCUT2D eigenvalue weighted by Gasteiger charge is -2.01. The van der Waals surface area contributed by atoms with Crippen molar-refractivity contribution in [1.82, 2.24) is 10.3 Å². The van der Waals surface area contributed by atoms with E-state index in [1.165, 1.54) is 30.0 Å². The van der Waals surface area contributed by atoms with Gasteiger partial charge in [0.2, 0.25) is 0 Å². The maximum atomic E-state index is 4.42. The van der Waals surface area contributed by atoms with Crippen LogP contribution in [0.2, 0.25) is 0 Å². The summed E-state index contributed by atoms with van der Waals surface area (Å²) in [6.45, 7) is 6.50. The molecule has 0 saturated heterocycles. The summed E-state index contributed by atoms with van der Waals surface area (Å²) in [5.74, 6) is 0. The molecule has 1 N–H and O–H groups in total. The maximum absolute atomic E-state index is 4.42. The summed E-state index contributed by atoms with van der Waals surface area (Å²) < 4.78 is 0. The van der Waals surface area contributed by atoms with Crippen LogP contribution in [0, 0.1) is 6.92 Å². The predicted molar refractivity (Wildman–Crippen MR) is 62.9 cm³/mol. The minimum absolute atomic E-state index is 1.06. The lowest BCUT2D eigenvalue weighted by atomic mass is 10.2. The number of hydrogen-bond donors (Lipinski definition) is 1. The highest BCUT2D eigenvalue weighted by atomic mass is 32.1. The van der Waals surface area contributed by atoms with E-state index in [9.17, 15) is 0 Å². The van der Waals surface area contributed by atoms with Crippen molar-refractivity contribution in [3.05, 3.63) is 16.1 Å². The van der Waals surface area contributed by atoms with Gasteiger partial charge in [0.25, 0.3) is 0 Å². The molecule has 0 spiro atoms. The molecule has 80 valence electrons. The Morgan fingerprint density at radius 2 is 2.21 bits per heavy atom. The average molecular weight is 212 g/mol. The van der Waals surface area contributed by atoms with E-state index in [4.69, 9.17) is 0 Å². The Morgan fingerprint density at radius 3 is 2.86 bits per heavy atom. The Kier molecular flexibility index (Phi) is 5.80. The van der Waals surface area contributed by atoms with Crippen LogP contribution in [0.4, 0.5) is 0 Å². The number of nitrogens with zero attached hydrogens (tertiary/aromatic N) is 1. The molecule has 0 bridgehead atoms. The van der Waals surface area contributed by atoms with Gasteiger partial charge in [-0.05, 0) is 19.9 Å². The molecule has 0 unspecified atom stereocenters. The van der Waals surface area contributed by atoms with E-state index < -0.39 is 0 Å². The van der Waals surface area contributed by atoms with Crippen molar-refractivity contribution >= 4 is 11.3 Å². The Balaban J connectivity index is 1.99. The monoisotopic (exact) mass is 212 g/mol. The van der Waals surface area contributed by atoms with Gasteiger partial charge in [-0.25, -0.2) is 4.98 Å². The van der Waals surface area contributed by atoms with Crippen molar-refractivity contribution in [2.45, 2.75) is 39.5 Å². The third-order valence-corrected chi connectivity index (χ3v) is 3.00. The fourth-order valence-electron chi connectivity index (χ4n) is 1.36. The number of thiazole rings is 1. The van der Waals surface area contributed by atoms with Gasteiger partial charge in [-0.2, -0.15) is 0 Å². The highest BCUT2D eigenvalue weighted by Crippen LogP contribution is 2.07. The van der Waals surface area contributed by atoms with Crippen LogP contribution in [0.25, 0.3) is 0 Å². The summed E-state index contributed by atoms with van der Waals surface area (Å²) in [6.07, 6.45) is 5.00. The molecule has 1 heterocycles. The van der Waals surface area contributed by atoms with Gasteiger partial charge in [-0.15, -0.1) is 11.3 Å². The fourth-order valence-corrected chi connectivity index (χ4v) is 2.01. The van der Waals surface area contributed by atoms with Crippen molar-refractivity contribution < 1.29 is 0 Å². The first-order chi connectivity index (χ1) is 6.83. The number of aromatic nitrogens is 1. The first-order valence-electron chi connectivity index (χ1n) is 5.44. The van der Waals surface area contributed by atoms with Gasteiger partial charge in [0.1, 0.15) is 0 Å². The summed E-state index contributed by atoms with van der Waals surface area (Å²) in [5, 5.41) is 6.77. The average Bonchev–Trinajstić information content (AvgIpc) is 2.58. The molecule has 3 heteroatoms. The number of unbranched alkanes of at least 4 members (excludes halogenated alkanes) is 2. The van der Waals surface area contributed by atoms with Crippen LogP contribution in [-0.4, -0.2) is 18.1 Å². The number of rotatable bonds is 7. The van der Waals surface area contributed by atoms with Crippen LogP contribution < -0.4 is 5.32 Å². The number of nitrogens with one attached hydrogen (secondary N) is 1. The van der Waals surface area contributed by atoms with E-state index in [0.29, 0.717) is 0 Å². The second kappa shape index (κ2) is 6.96. The van der Waals surface area contributed by atoms with Crippen LogP contribution in [-0.2, 0) is 6.42 Å². The Morgan fingerprint density at radius 1 is 1.36 bits per heavy atom. The number of hydrogen-bond acceptors (Lipinski definition) is 3. The Labute approximate surface area is 90.8 Å². The van der Waals surface area contributed by atoms with Crippen molar-refractivity contribution in [2.75, 3.05) is 13.1 Å². The molecule has 0 radical (unpaired) electrons. The third kappa shape index (κ3) is 4.72. The van der Waals surface area contributed by atoms with E-state index in [2.05, 4.69) is 29.5 Å². The van der Waals surface area contributed by atoms with E-state index in [-0.39, 0.29) is 0 Å². The predicted octanol–water partition coefficient (Wildman–Crippen LogP) is 2.77. The van der Waals surface area contributed by atoms with Crippen LogP contribution >= 0.6 is 11.3 Å². The molecule has 0 atom stereocenters. The Hall–Kier alpha value is -0.410. The van der Waals surface area contributed by atoms with E-state index in [1.807, 2.05) is 0 Å². The molecule has 1 aromatic rings. The molecular weight excluding hydrogens is 192 g/mol. The highest BCUT2D eigenvalue weighted by Gasteiger charge is 1.96. The SMILES string of the molecule is CCCCCNCCc1csc(C)n1. The highest BCUT2D eigenvalue weighted by molar-refractivity contribution is 7.09. The standard InChI is InChI=1S/C11H20N2S/c1-3-4-5-7-12-8-6-11-9-14-10(2)13-11/h9,12H,3-8H2,1-2H3. The zero-order valence-electron chi connectivity index (χ0n) is 9.18. The molecule has 0 aliphatic rings. The van der Waals surface area contributed by atoms with Crippen LogP contribution in [0.3, 0.4) is 0 Å². The first-order valence-corrected chi connectivity index (χ1v) is 6.32. The third-order valence-electron chi connectivity index (χ3n) is 2.18.